The molecule has 2 rings (SSSR count). The molecule has 0 atom stereocenters. The SMILES string of the molecule is Cc1nc(NC(=O)c2c(F)c(F)c(F)c(F)c2F)no1. The number of nitrogens with zero attached hydrogens (tertiary/aromatic N) is 2. The summed E-state index contributed by atoms with van der Waals surface area (Å²) in [5.41, 5.74) is -1.64. The Morgan fingerprint density at radius 2 is 1.50 bits per heavy atom. The van der Waals surface area contributed by atoms with Gasteiger partial charge in [0, 0.05) is 6.92 Å². The Bertz CT molecular complexity index is 671. The Morgan fingerprint density at radius 3 is 1.95 bits per heavy atom. The molecule has 0 aliphatic carbocycles. The number of carbonyl (C=O) groups is 1. The smallest absolute Gasteiger partial charge is 0.270 e. The third-order valence-electron chi connectivity index (χ3n) is 2.19. The first-order valence-electron chi connectivity index (χ1n) is 4.96. The molecule has 1 amide bonds. The number of aryl methyl sites for hydroxylation is 1. The summed E-state index contributed by atoms with van der Waals surface area (Å²) < 4.78 is 69.7. The number of hydrogen-bond acceptors (Lipinski definition) is 4. The number of aromatic nitrogens is 2. The van der Waals surface area contributed by atoms with Gasteiger partial charge in [-0.3, -0.25) is 10.1 Å². The Balaban J connectivity index is 2.45. The lowest BCUT2D eigenvalue weighted by Gasteiger charge is -2.06. The molecule has 1 heterocycles. The average Bonchev–Trinajstić information content (AvgIpc) is 2.79. The number of hydrogen-bond donors (Lipinski definition) is 1. The third kappa shape index (κ3) is 2.19. The van der Waals surface area contributed by atoms with Gasteiger partial charge in [-0.05, 0) is 5.16 Å². The van der Waals surface area contributed by atoms with Crippen molar-refractivity contribution in [3.8, 4) is 0 Å². The third-order valence-corrected chi connectivity index (χ3v) is 2.19. The summed E-state index contributed by atoms with van der Waals surface area (Å²) in [6, 6.07) is 0. The first-order valence-corrected chi connectivity index (χ1v) is 4.96. The minimum absolute atomic E-state index is 0.0257. The Hall–Kier alpha value is -2.52. The number of nitrogens with one attached hydrogen (secondary N) is 1. The summed E-state index contributed by atoms with van der Waals surface area (Å²) in [6.45, 7) is 1.36. The van der Waals surface area contributed by atoms with Gasteiger partial charge >= 0.3 is 0 Å². The molecule has 1 aromatic heterocycles. The van der Waals surface area contributed by atoms with Crippen molar-refractivity contribution in [1.29, 1.82) is 0 Å². The predicted molar refractivity (Wildman–Crippen MR) is 53.2 cm³/mol. The van der Waals surface area contributed by atoms with E-state index < -0.39 is 46.5 Å². The van der Waals surface area contributed by atoms with Gasteiger partial charge in [0.2, 0.25) is 11.7 Å². The molecular weight excluding hydrogens is 289 g/mol. The highest BCUT2D eigenvalue weighted by molar-refractivity contribution is 6.03. The van der Waals surface area contributed by atoms with Crippen molar-refractivity contribution in [1.82, 2.24) is 10.1 Å². The van der Waals surface area contributed by atoms with E-state index in [2.05, 4.69) is 14.7 Å². The van der Waals surface area contributed by atoms with Gasteiger partial charge in [0.15, 0.2) is 23.3 Å². The van der Waals surface area contributed by atoms with Crippen LogP contribution in [0.3, 0.4) is 0 Å². The fraction of sp³-hybridized carbons (Fsp3) is 0.100. The summed E-state index contributed by atoms with van der Waals surface area (Å²) >= 11 is 0. The molecule has 2 aromatic rings. The number of amides is 1. The number of rotatable bonds is 2. The zero-order valence-corrected chi connectivity index (χ0v) is 9.60. The van der Waals surface area contributed by atoms with E-state index in [1.165, 1.54) is 6.92 Å². The molecule has 20 heavy (non-hydrogen) atoms. The van der Waals surface area contributed by atoms with E-state index in [9.17, 15) is 26.7 Å². The monoisotopic (exact) mass is 293 g/mol. The molecule has 0 aliphatic rings. The molecule has 0 bridgehead atoms. The van der Waals surface area contributed by atoms with Crippen molar-refractivity contribution in [3.05, 3.63) is 40.5 Å². The Kier molecular flexibility index (Phi) is 3.38. The summed E-state index contributed by atoms with van der Waals surface area (Å²) in [6.07, 6.45) is 0. The highest BCUT2D eigenvalue weighted by atomic mass is 19.2. The van der Waals surface area contributed by atoms with E-state index in [4.69, 9.17) is 0 Å². The van der Waals surface area contributed by atoms with E-state index in [1.807, 2.05) is 0 Å². The van der Waals surface area contributed by atoms with Gasteiger partial charge in [-0.1, -0.05) is 0 Å². The van der Waals surface area contributed by atoms with Gasteiger partial charge in [0.25, 0.3) is 11.9 Å². The molecule has 1 N–H and O–H groups in total. The molecule has 0 fully saturated rings. The van der Waals surface area contributed by atoms with Gasteiger partial charge in [-0.2, -0.15) is 4.98 Å². The molecule has 0 unspecified atom stereocenters. The maximum atomic E-state index is 13.3. The zero-order valence-electron chi connectivity index (χ0n) is 9.60. The summed E-state index contributed by atoms with van der Waals surface area (Å²) in [7, 11) is 0. The van der Waals surface area contributed by atoms with Crippen LogP contribution in [0.25, 0.3) is 0 Å². The molecule has 0 aliphatic heterocycles. The quantitative estimate of drug-likeness (QED) is 0.524. The standard InChI is InChI=1S/C10H4F5N3O2/c1-2-16-10(18-20-2)17-9(19)3-4(11)6(13)8(15)7(14)5(3)12/h1H3,(H,17,18,19). The van der Waals surface area contributed by atoms with E-state index in [-0.39, 0.29) is 5.89 Å². The minimum Gasteiger partial charge on any atom is -0.338 e. The van der Waals surface area contributed by atoms with Crippen molar-refractivity contribution < 1.29 is 31.3 Å². The number of halogens is 5. The van der Waals surface area contributed by atoms with E-state index >= 15 is 0 Å². The zero-order chi connectivity index (χ0) is 15.0. The van der Waals surface area contributed by atoms with Crippen LogP contribution in [0, 0.1) is 36.0 Å². The van der Waals surface area contributed by atoms with E-state index in [0.29, 0.717) is 0 Å². The molecule has 0 saturated heterocycles. The van der Waals surface area contributed by atoms with Crippen LogP contribution in [0.2, 0.25) is 0 Å². The van der Waals surface area contributed by atoms with Crippen LogP contribution in [-0.2, 0) is 0 Å². The number of benzene rings is 1. The molecule has 5 nitrogen and oxygen atoms in total. The molecule has 0 spiro atoms. The van der Waals surface area contributed by atoms with Gasteiger partial charge in [-0.25, -0.2) is 22.0 Å². The lowest BCUT2D eigenvalue weighted by molar-refractivity contribution is 0.101. The maximum Gasteiger partial charge on any atom is 0.270 e. The lowest BCUT2D eigenvalue weighted by Crippen LogP contribution is -2.19. The van der Waals surface area contributed by atoms with Gasteiger partial charge in [0.1, 0.15) is 5.56 Å². The van der Waals surface area contributed by atoms with E-state index in [1.54, 1.807) is 5.32 Å². The van der Waals surface area contributed by atoms with E-state index in [0.717, 1.165) is 0 Å². The maximum absolute atomic E-state index is 13.3. The van der Waals surface area contributed by atoms with Gasteiger partial charge in [-0.15, -0.1) is 0 Å². The second-order valence-electron chi connectivity index (χ2n) is 3.54. The van der Waals surface area contributed by atoms with Gasteiger partial charge < -0.3 is 4.52 Å². The van der Waals surface area contributed by atoms with Crippen LogP contribution in [0.15, 0.2) is 4.52 Å². The fourth-order valence-corrected chi connectivity index (χ4v) is 1.32. The fourth-order valence-electron chi connectivity index (χ4n) is 1.32. The molecule has 10 heteroatoms. The summed E-state index contributed by atoms with van der Waals surface area (Å²) in [5.74, 6) is -13.4. The van der Waals surface area contributed by atoms with Crippen molar-refractivity contribution >= 4 is 11.9 Å². The van der Waals surface area contributed by atoms with Crippen molar-refractivity contribution in [2.24, 2.45) is 0 Å². The first-order chi connectivity index (χ1) is 9.32. The molecule has 0 radical (unpaired) electrons. The van der Waals surface area contributed by atoms with Crippen molar-refractivity contribution in [3.63, 3.8) is 0 Å². The van der Waals surface area contributed by atoms with Crippen molar-refractivity contribution in [2.75, 3.05) is 5.32 Å². The molecule has 0 saturated carbocycles. The number of carbonyl (C=O) groups excluding carboxylic acids is 1. The summed E-state index contributed by atoms with van der Waals surface area (Å²) in [4.78, 5) is 15.0. The molecular formula is C10H4F5N3O2. The van der Waals surface area contributed by atoms with Crippen LogP contribution in [0.4, 0.5) is 27.9 Å². The highest BCUT2D eigenvalue weighted by Crippen LogP contribution is 2.23. The largest absolute Gasteiger partial charge is 0.338 e. The van der Waals surface area contributed by atoms with Crippen LogP contribution in [0.5, 0.6) is 0 Å². The first kappa shape index (κ1) is 13.9. The Morgan fingerprint density at radius 1 is 1.00 bits per heavy atom. The molecule has 1 aromatic carbocycles. The van der Waals surface area contributed by atoms with Crippen LogP contribution in [0.1, 0.15) is 16.2 Å². The van der Waals surface area contributed by atoms with Crippen LogP contribution in [-0.4, -0.2) is 16.0 Å². The lowest BCUT2D eigenvalue weighted by atomic mass is 10.1. The number of anilines is 1. The Labute approximate surface area is 107 Å². The normalized spacial score (nSPS) is 10.7. The van der Waals surface area contributed by atoms with Crippen LogP contribution >= 0.6 is 0 Å². The topological polar surface area (TPSA) is 68.0 Å². The average molecular weight is 293 g/mol. The second kappa shape index (κ2) is 4.87. The minimum atomic E-state index is -2.35. The predicted octanol–water partition coefficient (Wildman–Crippen LogP) is 2.33. The van der Waals surface area contributed by atoms with Crippen LogP contribution < -0.4 is 5.32 Å². The molecule has 106 valence electrons. The van der Waals surface area contributed by atoms with Crippen molar-refractivity contribution in [2.45, 2.75) is 6.92 Å². The second-order valence-corrected chi connectivity index (χ2v) is 3.54. The van der Waals surface area contributed by atoms with Gasteiger partial charge in [0.05, 0.1) is 0 Å². The summed E-state index contributed by atoms with van der Waals surface area (Å²) in [5, 5.41) is 4.92. The highest BCUT2D eigenvalue weighted by Gasteiger charge is 2.30.